The number of aryl methyl sites for hydroxylation is 1. The highest BCUT2D eigenvalue weighted by molar-refractivity contribution is 6.12. The first kappa shape index (κ1) is 27.0. The number of ketones is 1. The molecule has 5 aromatic rings. The van der Waals surface area contributed by atoms with Gasteiger partial charge in [0.05, 0.1) is 0 Å². The van der Waals surface area contributed by atoms with Crippen molar-refractivity contribution >= 4 is 46.2 Å². The third kappa shape index (κ3) is 6.91. The summed E-state index contributed by atoms with van der Waals surface area (Å²) in [6.45, 7) is 2.01. The first-order chi connectivity index (χ1) is 20.0. The highest BCUT2D eigenvalue weighted by Crippen LogP contribution is 2.21. The van der Waals surface area contributed by atoms with Crippen LogP contribution in [0.5, 0.6) is 0 Å². The number of allylic oxidation sites excluding steroid dienone is 1. The molecule has 2 amide bonds. The van der Waals surface area contributed by atoms with Crippen LogP contribution in [0.4, 0.5) is 5.69 Å². The van der Waals surface area contributed by atoms with Gasteiger partial charge < -0.3 is 10.6 Å². The average Bonchev–Trinajstić information content (AvgIpc) is 3.01. The van der Waals surface area contributed by atoms with Crippen molar-refractivity contribution in [2.75, 3.05) is 5.32 Å². The standard InChI is InChI=1S/C36H28N2O3/c1-25-14-16-26(17-15-25)18-23-34(39)28-19-21-31(22-20-28)37-36(41)33(38-35(40)29-9-3-2-4-10-29)24-30-12-7-11-27-8-5-6-13-32(27)30/h2-24H,1H3,(H,37,41)(H,38,40)/b23-18+,33-24-. The zero-order valence-corrected chi connectivity index (χ0v) is 22.5. The number of rotatable bonds is 8. The Balaban J connectivity index is 1.36. The predicted molar refractivity (Wildman–Crippen MR) is 165 cm³/mol. The Kier molecular flexibility index (Phi) is 8.27. The molecule has 41 heavy (non-hydrogen) atoms. The Labute approximate surface area is 238 Å². The summed E-state index contributed by atoms with van der Waals surface area (Å²) >= 11 is 0. The van der Waals surface area contributed by atoms with E-state index in [2.05, 4.69) is 10.6 Å². The summed E-state index contributed by atoms with van der Waals surface area (Å²) < 4.78 is 0. The van der Waals surface area contributed by atoms with Crippen LogP contribution in [0.25, 0.3) is 22.9 Å². The van der Waals surface area contributed by atoms with E-state index in [1.54, 1.807) is 60.7 Å². The van der Waals surface area contributed by atoms with Gasteiger partial charge in [0, 0.05) is 16.8 Å². The van der Waals surface area contributed by atoms with E-state index in [1.807, 2.05) is 79.7 Å². The second kappa shape index (κ2) is 12.5. The lowest BCUT2D eigenvalue weighted by molar-refractivity contribution is -0.113. The number of amides is 2. The smallest absolute Gasteiger partial charge is 0.272 e. The quantitative estimate of drug-likeness (QED) is 0.160. The van der Waals surface area contributed by atoms with Gasteiger partial charge in [-0.25, -0.2) is 0 Å². The summed E-state index contributed by atoms with van der Waals surface area (Å²) in [5.41, 5.74) is 4.41. The summed E-state index contributed by atoms with van der Waals surface area (Å²) in [7, 11) is 0. The number of hydrogen-bond donors (Lipinski definition) is 2. The Morgan fingerprint density at radius 3 is 2.10 bits per heavy atom. The van der Waals surface area contributed by atoms with E-state index in [9.17, 15) is 14.4 Å². The second-order valence-electron chi connectivity index (χ2n) is 9.59. The summed E-state index contributed by atoms with van der Waals surface area (Å²) in [6.07, 6.45) is 4.98. The molecule has 200 valence electrons. The molecular weight excluding hydrogens is 508 g/mol. The van der Waals surface area contributed by atoms with Gasteiger partial charge in [-0.05, 0) is 77.4 Å². The molecule has 0 saturated carbocycles. The maximum Gasteiger partial charge on any atom is 0.272 e. The van der Waals surface area contributed by atoms with Gasteiger partial charge in [0.2, 0.25) is 0 Å². The van der Waals surface area contributed by atoms with Crippen LogP contribution in [0.15, 0.2) is 133 Å². The van der Waals surface area contributed by atoms with Crippen molar-refractivity contribution in [2.45, 2.75) is 6.92 Å². The summed E-state index contributed by atoms with van der Waals surface area (Å²) in [6, 6.07) is 36.9. The van der Waals surface area contributed by atoms with Gasteiger partial charge in [0.1, 0.15) is 5.70 Å². The van der Waals surface area contributed by atoms with E-state index in [0.29, 0.717) is 16.8 Å². The van der Waals surface area contributed by atoms with Crippen LogP contribution in [0, 0.1) is 6.92 Å². The van der Waals surface area contributed by atoms with Crippen molar-refractivity contribution < 1.29 is 14.4 Å². The van der Waals surface area contributed by atoms with Crippen LogP contribution >= 0.6 is 0 Å². The SMILES string of the molecule is Cc1ccc(/C=C/C(=O)c2ccc(NC(=O)/C(=C/c3cccc4ccccc34)NC(=O)c3ccccc3)cc2)cc1. The molecular formula is C36H28N2O3. The van der Waals surface area contributed by atoms with E-state index >= 15 is 0 Å². The van der Waals surface area contributed by atoms with Crippen molar-refractivity contribution in [1.82, 2.24) is 5.32 Å². The Morgan fingerprint density at radius 2 is 1.34 bits per heavy atom. The number of anilines is 1. The second-order valence-corrected chi connectivity index (χ2v) is 9.59. The number of carbonyl (C=O) groups is 3. The van der Waals surface area contributed by atoms with Gasteiger partial charge in [-0.3, -0.25) is 14.4 Å². The Bertz CT molecular complexity index is 1760. The number of nitrogens with one attached hydrogen (secondary N) is 2. The average molecular weight is 537 g/mol. The Hall–Kier alpha value is -5.55. The third-order valence-corrected chi connectivity index (χ3v) is 6.58. The molecule has 0 fully saturated rings. The lowest BCUT2D eigenvalue weighted by Gasteiger charge is -2.12. The lowest BCUT2D eigenvalue weighted by Crippen LogP contribution is -2.30. The maximum atomic E-state index is 13.4. The minimum absolute atomic E-state index is 0.0939. The summed E-state index contributed by atoms with van der Waals surface area (Å²) in [5.74, 6) is -1.02. The lowest BCUT2D eigenvalue weighted by atomic mass is 10.0. The third-order valence-electron chi connectivity index (χ3n) is 6.58. The minimum Gasteiger partial charge on any atom is -0.321 e. The zero-order chi connectivity index (χ0) is 28.6. The summed E-state index contributed by atoms with van der Waals surface area (Å²) in [5, 5.41) is 7.60. The van der Waals surface area contributed by atoms with Crippen molar-refractivity contribution in [1.29, 1.82) is 0 Å². The van der Waals surface area contributed by atoms with Crippen LogP contribution in [0.1, 0.15) is 37.4 Å². The zero-order valence-electron chi connectivity index (χ0n) is 22.5. The molecule has 0 aliphatic rings. The van der Waals surface area contributed by atoms with Crippen LogP contribution in [-0.2, 0) is 4.79 Å². The van der Waals surface area contributed by atoms with Crippen molar-refractivity contribution in [3.05, 3.63) is 161 Å². The molecule has 0 radical (unpaired) electrons. The van der Waals surface area contributed by atoms with E-state index in [0.717, 1.165) is 27.5 Å². The first-order valence-corrected chi connectivity index (χ1v) is 13.2. The molecule has 0 spiro atoms. The highest BCUT2D eigenvalue weighted by Gasteiger charge is 2.16. The van der Waals surface area contributed by atoms with Crippen molar-refractivity contribution in [2.24, 2.45) is 0 Å². The molecule has 5 rings (SSSR count). The molecule has 5 heteroatoms. The molecule has 0 aliphatic carbocycles. The van der Waals surface area contributed by atoms with Gasteiger partial charge >= 0.3 is 0 Å². The van der Waals surface area contributed by atoms with Crippen molar-refractivity contribution in [3.8, 4) is 0 Å². The topological polar surface area (TPSA) is 75.3 Å². The van der Waals surface area contributed by atoms with Crippen LogP contribution in [-0.4, -0.2) is 17.6 Å². The maximum absolute atomic E-state index is 13.4. The van der Waals surface area contributed by atoms with Gasteiger partial charge in [-0.1, -0.05) is 96.6 Å². The fourth-order valence-corrected chi connectivity index (χ4v) is 4.34. The molecule has 2 N–H and O–H groups in total. The fourth-order valence-electron chi connectivity index (χ4n) is 4.34. The number of hydrogen-bond acceptors (Lipinski definition) is 3. The predicted octanol–water partition coefficient (Wildman–Crippen LogP) is 7.45. The molecule has 5 nitrogen and oxygen atoms in total. The highest BCUT2D eigenvalue weighted by atomic mass is 16.2. The number of fused-ring (bicyclic) bond motifs is 1. The van der Waals surface area contributed by atoms with E-state index in [-0.39, 0.29) is 11.5 Å². The number of benzene rings is 5. The molecule has 0 saturated heterocycles. The monoisotopic (exact) mass is 536 g/mol. The molecule has 0 atom stereocenters. The molecule has 0 aromatic heterocycles. The molecule has 0 bridgehead atoms. The Morgan fingerprint density at radius 1 is 0.659 bits per heavy atom. The summed E-state index contributed by atoms with van der Waals surface area (Å²) in [4.78, 5) is 39.1. The van der Waals surface area contributed by atoms with Crippen molar-refractivity contribution in [3.63, 3.8) is 0 Å². The minimum atomic E-state index is -0.486. The first-order valence-electron chi connectivity index (χ1n) is 13.2. The largest absolute Gasteiger partial charge is 0.321 e. The van der Waals surface area contributed by atoms with Gasteiger partial charge in [-0.15, -0.1) is 0 Å². The van der Waals surface area contributed by atoms with Gasteiger partial charge in [0.25, 0.3) is 11.8 Å². The molecule has 0 heterocycles. The van der Waals surface area contributed by atoms with E-state index in [4.69, 9.17) is 0 Å². The van der Waals surface area contributed by atoms with Gasteiger partial charge in [-0.2, -0.15) is 0 Å². The molecule has 0 unspecified atom stereocenters. The van der Waals surface area contributed by atoms with Crippen LogP contribution in [0.2, 0.25) is 0 Å². The fraction of sp³-hybridized carbons (Fsp3) is 0.0278. The van der Waals surface area contributed by atoms with E-state index < -0.39 is 11.8 Å². The van der Waals surface area contributed by atoms with Crippen LogP contribution < -0.4 is 10.6 Å². The molecule has 0 aliphatic heterocycles. The number of carbonyl (C=O) groups excluding carboxylic acids is 3. The molecule has 5 aromatic carbocycles. The normalized spacial score (nSPS) is 11.4. The van der Waals surface area contributed by atoms with Gasteiger partial charge in [0.15, 0.2) is 5.78 Å². The van der Waals surface area contributed by atoms with Crippen LogP contribution in [0.3, 0.4) is 0 Å². The van der Waals surface area contributed by atoms with E-state index in [1.165, 1.54) is 6.08 Å².